The van der Waals surface area contributed by atoms with E-state index < -0.39 is 35.7 Å². The Bertz CT molecular complexity index is 376. The van der Waals surface area contributed by atoms with Crippen molar-refractivity contribution in [2.24, 2.45) is 0 Å². The minimum absolute atomic E-state index is 0.126. The third-order valence-corrected chi connectivity index (χ3v) is 2.60. The van der Waals surface area contributed by atoms with Gasteiger partial charge in [0, 0.05) is 6.54 Å². The third kappa shape index (κ3) is 3.51. The van der Waals surface area contributed by atoms with Crippen molar-refractivity contribution in [3.8, 4) is 0 Å². The van der Waals surface area contributed by atoms with Gasteiger partial charge in [-0.3, -0.25) is 10.1 Å². The molecule has 0 aromatic rings. The highest BCUT2D eigenvalue weighted by Gasteiger charge is 2.62. The van der Waals surface area contributed by atoms with Gasteiger partial charge in [-0.15, -0.1) is 0 Å². The van der Waals surface area contributed by atoms with Crippen molar-refractivity contribution in [2.75, 3.05) is 6.54 Å². The summed E-state index contributed by atoms with van der Waals surface area (Å²) in [6, 6.07) is 0. The number of amides is 2. The lowest BCUT2D eigenvalue weighted by Gasteiger charge is -2.38. The zero-order valence-electron chi connectivity index (χ0n) is 11.0. The summed E-state index contributed by atoms with van der Waals surface area (Å²) in [5, 5.41) is 3.80. The molecular formula is C11H17F3N2O3. The lowest BCUT2D eigenvalue weighted by atomic mass is 9.88. The SMILES string of the molecule is CC(C)(C)OC(=O)NC1(C(F)(F)F)CCCNC1=O. The minimum atomic E-state index is -4.88. The van der Waals surface area contributed by atoms with E-state index in [-0.39, 0.29) is 13.0 Å². The molecule has 0 bridgehead atoms. The van der Waals surface area contributed by atoms with Crippen molar-refractivity contribution < 1.29 is 27.5 Å². The molecule has 0 aliphatic carbocycles. The van der Waals surface area contributed by atoms with Gasteiger partial charge in [0.15, 0.2) is 0 Å². The van der Waals surface area contributed by atoms with E-state index in [1.807, 2.05) is 0 Å². The van der Waals surface area contributed by atoms with Crippen LogP contribution in [-0.4, -0.2) is 35.9 Å². The molecule has 2 N–H and O–H groups in total. The maximum atomic E-state index is 13.1. The zero-order valence-corrected chi connectivity index (χ0v) is 11.0. The second-order valence-corrected chi connectivity index (χ2v) is 5.39. The topological polar surface area (TPSA) is 67.4 Å². The zero-order chi connectivity index (χ0) is 14.9. The minimum Gasteiger partial charge on any atom is -0.444 e. The lowest BCUT2D eigenvalue weighted by molar-refractivity contribution is -0.203. The standard InChI is InChI=1S/C11H17F3N2O3/c1-9(2,3)19-8(18)16-10(11(12,13)14)5-4-6-15-7(10)17/h4-6H2,1-3H3,(H,15,17)(H,16,18). The average Bonchev–Trinajstić information content (AvgIpc) is 2.16. The fourth-order valence-corrected chi connectivity index (χ4v) is 1.76. The number of nitrogens with one attached hydrogen (secondary N) is 2. The number of hydrogen-bond acceptors (Lipinski definition) is 3. The largest absolute Gasteiger partial charge is 0.444 e. The van der Waals surface area contributed by atoms with Gasteiger partial charge in [0.2, 0.25) is 5.54 Å². The first-order valence-electron chi connectivity index (χ1n) is 5.84. The number of ether oxygens (including phenoxy) is 1. The van der Waals surface area contributed by atoms with E-state index in [9.17, 15) is 22.8 Å². The highest BCUT2D eigenvalue weighted by molar-refractivity contribution is 5.91. The third-order valence-electron chi connectivity index (χ3n) is 2.60. The fourth-order valence-electron chi connectivity index (χ4n) is 1.76. The van der Waals surface area contributed by atoms with E-state index >= 15 is 0 Å². The van der Waals surface area contributed by atoms with E-state index in [4.69, 9.17) is 4.74 Å². The monoisotopic (exact) mass is 282 g/mol. The van der Waals surface area contributed by atoms with Crippen LogP contribution in [0.2, 0.25) is 0 Å². The molecule has 1 aliphatic heterocycles. The van der Waals surface area contributed by atoms with Crippen molar-refractivity contribution in [1.82, 2.24) is 10.6 Å². The second kappa shape index (κ2) is 4.90. The van der Waals surface area contributed by atoms with Gasteiger partial charge in [-0.05, 0) is 33.6 Å². The molecule has 1 atom stereocenters. The van der Waals surface area contributed by atoms with E-state index in [1.165, 1.54) is 20.8 Å². The Labute approximate surface area is 108 Å². The molecular weight excluding hydrogens is 265 g/mol. The normalized spacial score (nSPS) is 24.6. The molecule has 0 aromatic carbocycles. The molecule has 1 fully saturated rings. The van der Waals surface area contributed by atoms with Crippen LogP contribution in [0.5, 0.6) is 0 Å². The number of halogens is 3. The molecule has 1 rings (SSSR count). The first-order valence-corrected chi connectivity index (χ1v) is 5.84. The van der Waals surface area contributed by atoms with E-state index in [0.29, 0.717) is 0 Å². The molecule has 1 unspecified atom stereocenters. The van der Waals surface area contributed by atoms with Crippen LogP contribution in [0.4, 0.5) is 18.0 Å². The number of piperidine rings is 1. The predicted molar refractivity (Wildman–Crippen MR) is 60.4 cm³/mol. The number of hydrogen-bond donors (Lipinski definition) is 2. The molecule has 110 valence electrons. The average molecular weight is 282 g/mol. The number of carbonyl (C=O) groups excluding carboxylic acids is 2. The Kier molecular flexibility index (Phi) is 4.02. The van der Waals surface area contributed by atoms with Crippen LogP contribution >= 0.6 is 0 Å². The van der Waals surface area contributed by atoms with E-state index in [2.05, 4.69) is 5.32 Å². The summed E-state index contributed by atoms with van der Waals surface area (Å²) in [5.41, 5.74) is -3.85. The van der Waals surface area contributed by atoms with E-state index in [1.54, 1.807) is 5.32 Å². The fraction of sp³-hybridized carbons (Fsp3) is 0.818. The molecule has 1 aliphatic rings. The molecule has 1 saturated heterocycles. The number of alkyl carbamates (subject to hydrolysis) is 1. The molecule has 0 radical (unpaired) electrons. The van der Waals surface area contributed by atoms with Crippen molar-refractivity contribution >= 4 is 12.0 Å². The maximum absolute atomic E-state index is 13.1. The Morgan fingerprint density at radius 2 is 1.95 bits per heavy atom. The number of rotatable bonds is 1. The molecule has 5 nitrogen and oxygen atoms in total. The van der Waals surface area contributed by atoms with Crippen LogP contribution in [0.3, 0.4) is 0 Å². The lowest BCUT2D eigenvalue weighted by Crippen LogP contribution is -2.69. The van der Waals surface area contributed by atoms with Gasteiger partial charge in [-0.1, -0.05) is 0 Å². The van der Waals surface area contributed by atoms with Crippen molar-refractivity contribution in [2.45, 2.75) is 50.9 Å². The summed E-state index contributed by atoms with van der Waals surface area (Å²) in [6.07, 6.45) is -6.52. The maximum Gasteiger partial charge on any atom is 0.420 e. The number of alkyl halides is 3. The van der Waals surface area contributed by atoms with Crippen LogP contribution in [0, 0.1) is 0 Å². The van der Waals surface area contributed by atoms with Gasteiger partial charge in [-0.2, -0.15) is 13.2 Å². The van der Waals surface area contributed by atoms with E-state index in [0.717, 1.165) is 0 Å². The van der Waals surface area contributed by atoms with Gasteiger partial charge in [0.05, 0.1) is 0 Å². The molecule has 0 spiro atoms. The van der Waals surface area contributed by atoms with Crippen LogP contribution in [0.15, 0.2) is 0 Å². The van der Waals surface area contributed by atoms with Gasteiger partial charge in [0.1, 0.15) is 5.60 Å². The smallest absolute Gasteiger partial charge is 0.420 e. The highest BCUT2D eigenvalue weighted by Crippen LogP contribution is 2.36. The molecule has 19 heavy (non-hydrogen) atoms. The Morgan fingerprint density at radius 3 is 2.37 bits per heavy atom. The summed E-state index contributed by atoms with van der Waals surface area (Å²) in [5.74, 6) is -1.25. The van der Waals surface area contributed by atoms with Crippen LogP contribution < -0.4 is 10.6 Å². The Hall–Kier alpha value is -1.47. The summed E-state index contributed by atoms with van der Waals surface area (Å²) in [4.78, 5) is 23.1. The second-order valence-electron chi connectivity index (χ2n) is 5.39. The molecule has 2 amide bonds. The number of carbonyl (C=O) groups is 2. The van der Waals surface area contributed by atoms with Gasteiger partial charge < -0.3 is 10.1 Å². The van der Waals surface area contributed by atoms with Crippen molar-refractivity contribution in [3.05, 3.63) is 0 Å². The summed E-state index contributed by atoms with van der Waals surface area (Å²) < 4.78 is 44.1. The molecule has 0 aromatic heterocycles. The summed E-state index contributed by atoms with van der Waals surface area (Å²) in [7, 11) is 0. The van der Waals surface area contributed by atoms with Crippen LogP contribution in [0.1, 0.15) is 33.6 Å². The molecule has 8 heteroatoms. The quantitative estimate of drug-likeness (QED) is 0.769. The van der Waals surface area contributed by atoms with Gasteiger partial charge in [-0.25, -0.2) is 4.79 Å². The van der Waals surface area contributed by atoms with Crippen LogP contribution in [0.25, 0.3) is 0 Å². The Morgan fingerprint density at radius 1 is 1.37 bits per heavy atom. The van der Waals surface area contributed by atoms with Crippen LogP contribution in [-0.2, 0) is 9.53 Å². The predicted octanol–water partition coefficient (Wildman–Crippen LogP) is 1.72. The highest BCUT2D eigenvalue weighted by atomic mass is 19.4. The van der Waals surface area contributed by atoms with Crippen molar-refractivity contribution in [3.63, 3.8) is 0 Å². The first-order chi connectivity index (χ1) is 8.48. The molecule has 1 heterocycles. The first kappa shape index (κ1) is 15.6. The summed E-state index contributed by atoms with van der Waals surface area (Å²) >= 11 is 0. The van der Waals surface area contributed by atoms with Gasteiger partial charge in [0.25, 0.3) is 5.91 Å². The van der Waals surface area contributed by atoms with Gasteiger partial charge >= 0.3 is 12.3 Å². The summed E-state index contributed by atoms with van der Waals surface area (Å²) in [6.45, 7) is 4.72. The Balaban J connectivity index is 2.94. The molecule has 0 saturated carbocycles. The van der Waals surface area contributed by atoms with Crippen molar-refractivity contribution in [1.29, 1.82) is 0 Å².